The molecule has 3 nitrogen and oxygen atoms in total. The van der Waals surface area contributed by atoms with Crippen molar-refractivity contribution in [3.63, 3.8) is 0 Å². The van der Waals surface area contributed by atoms with Crippen molar-refractivity contribution in [2.75, 3.05) is 5.73 Å². The topological polar surface area (TPSA) is 48.0 Å². The molecule has 0 bridgehead atoms. The molecule has 0 saturated carbocycles. The van der Waals surface area contributed by atoms with E-state index in [2.05, 4.69) is 0 Å². The lowest BCUT2D eigenvalue weighted by atomic mass is 10.2. The van der Waals surface area contributed by atoms with Crippen molar-refractivity contribution < 1.29 is 0 Å². The van der Waals surface area contributed by atoms with Crippen LogP contribution >= 0.6 is 11.5 Å². The van der Waals surface area contributed by atoms with Crippen molar-refractivity contribution in [1.29, 1.82) is 0 Å². The van der Waals surface area contributed by atoms with E-state index in [1.165, 1.54) is 11.5 Å². The van der Waals surface area contributed by atoms with Crippen LogP contribution in [0.1, 0.15) is 5.56 Å². The minimum absolute atomic E-state index is 0.0276. The number of hydrogen-bond donors (Lipinski definition) is 1. The molecule has 0 radical (unpaired) electrons. The Morgan fingerprint density at radius 1 is 1.17 bits per heavy atom. The molecule has 1 heterocycles. The summed E-state index contributed by atoms with van der Waals surface area (Å²) in [6.45, 7) is 1.94. The molecule has 0 spiro atoms. The molecule has 0 aliphatic heterocycles. The van der Waals surface area contributed by atoms with Crippen LogP contribution in [-0.4, -0.2) is 3.96 Å². The van der Waals surface area contributed by atoms with Gasteiger partial charge in [0.1, 0.15) is 0 Å². The van der Waals surface area contributed by atoms with Crippen molar-refractivity contribution in [2.45, 2.75) is 6.92 Å². The maximum absolute atomic E-state index is 12.3. The monoisotopic (exact) mass is 256 g/mol. The molecule has 0 fully saturated rings. The fourth-order valence-corrected chi connectivity index (χ4v) is 2.92. The summed E-state index contributed by atoms with van der Waals surface area (Å²) in [5, 5.41) is 0.761. The SMILES string of the molecule is Cc1cc(-n2sc3ccccc3c2=O)ccc1N. The van der Waals surface area contributed by atoms with Gasteiger partial charge in [-0.05, 0) is 42.8 Å². The molecule has 1 aromatic heterocycles. The minimum atomic E-state index is 0.0276. The average Bonchev–Trinajstić information content (AvgIpc) is 2.71. The number of fused-ring (bicyclic) bond motifs is 1. The van der Waals surface area contributed by atoms with E-state index < -0.39 is 0 Å². The van der Waals surface area contributed by atoms with Gasteiger partial charge in [0.2, 0.25) is 0 Å². The number of aryl methyl sites for hydroxylation is 1. The van der Waals surface area contributed by atoms with E-state index in [0.717, 1.165) is 27.0 Å². The van der Waals surface area contributed by atoms with Gasteiger partial charge >= 0.3 is 0 Å². The van der Waals surface area contributed by atoms with Crippen molar-refractivity contribution in [1.82, 2.24) is 3.96 Å². The number of hydrogen-bond acceptors (Lipinski definition) is 3. The quantitative estimate of drug-likeness (QED) is 0.680. The average molecular weight is 256 g/mol. The summed E-state index contributed by atoms with van der Waals surface area (Å²) in [7, 11) is 0. The molecule has 0 unspecified atom stereocenters. The lowest BCUT2D eigenvalue weighted by molar-refractivity contribution is 1.14. The first-order valence-corrected chi connectivity index (χ1v) is 6.42. The highest BCUT2D eigenvalue weighted by molar-refractivity contribution is 7.14. The van der Waals surface area contributed by atoms with Crippen molar-refractivity contribution >= 4 is 27.3 Å². The first-order valence-electron chi connectivity index (χ1n) is 5.64. The molecule has 2 N–H and O–H groups in total. The van der Waals surface area contributed by atoms with Gasteiger partial charge in [-0.15, -0.1) is 0 Å². The predicted molar refractivity (Wildman–Crippen MR) is 76.6 cm³/mol. The largest absolute Gasteiger partial charge is 0.399 e. The first kappa shape index (κ1) is 11.0. The molecule has 0 saturated heterocycles. The summed E-state index contributed by atoms with van der Waals surface area (Å²) in [6.07, 6.45) is 0. The van der Waals surface area contributed by atoms with E-state index in [1.54, 1.807) is 3.96 Å². The van der Waals surface area contributed by atoms with E-state index in [0.29, 0.717) is 0 Å². The lowest BCUT2D eigenvalue weighted by Gasteiger charge is -2.04. The summed E-state index contributed by atoms with van der Waals surface area (Å²) in [6, 6.07) is 13.3. The molecule has 4 heteroatoms. The van der Waals surface area contributed by atoms with Crippen LogP contribution < -0.4 is 11.3 Å². The number of rotatable bonds is 1. The highest BCUT2D eigenvalue weighted by Crippen LogP contribution is 2.22. The first-order chi connectivity index (χ1) is 8.66. The van der Waals surface area contributed by atoms with Crippen LogP contribution in [0.3, 0.4) is 0 Å². The highest BCUT2D eigenvalue weighted by atomic mass is 32.1. The minimum Gasteiger partial charge on any atom is -0.399 e. The Balaban J connectivity index is 2.28. The van der Waals surface area contributed by atoms with Gasteiger partial charge in [0.25, 0.3) is 5.56 Å². The second-order valence-corrected chi connectivity index (χ2v) is 5.22. The standard InChI is InChI=1S/C14H12N2OS/c1-9-8-10(6-7-12(9)15)16-14(17)11-4-2-3-5-13(11)18-16/h2-8H,15H2,1H3. The van der Waals surface area contributed by atoms with Gasteiger partial charge in [0.15, 0.2) is 0 Å². The zero-order chi connectivity index (χ0) is 12.7. The lowest BCUT2D eigenvalue weighted by Crippen LogP contribution is -2.10. The van der Waals surface area contributed by atoms with E-state index >= 15 is 0 Å². The predicted octanol–water partition coefficient (Wildman–Crippen LogP) is 2.94. The van der Waals surface area contributed by atoms with Crippen LogP contribution in [0.2, 0.25) is 0 Å². The van der Waals surface area contributed by atoms with Gasteiger partial charge < -0.3 is 5.73 Å². The third-order valence-corrected chi connectivity index (χ3v) is 4.09. The number of benzene rings is 2. The zero-order valence-electron chi connectivity index (χ0n) is 9.88. The number of nitrogens with zero attached hydrogens (tertiary/aromatic N) is 1. The summed E-state index contributed by atoms with van der Waals surface area (Å²) in [5.41, 5.74) is 8.42. The molecule has 0 atom stereocenters. The number of aromatic nitrogens is 1. The highest BCUT2D eigenvalue weighted by Gasteiger charge is 2.08. The summed E-state index contributed by atoms with van der Waals surface area (Å²) in [5.74, 6) is 0. The van der Waals surface area contributed by atoms with Crippen LogP contribution in [-0.2, 0) is 0 Å². The Hall–Kier alpha value is -2.07. The molecular weight excluding hydrogens is 244 g/mol. The third kappa shape index (κ3) is 1.62. The Kier molecular flexibility index (Phi) is 2.45. The number of nitrogens with two attached hydrogens (primary N) is 1. The summed E-state index contributed by atoms with van der Waals surface area (Å²) >= 11 is 1.45. The van der Waals surface area contributed by atoms with E-state index in [4.69, 9.17) is 5.73 Å². The Morgan fingerprint density at radius 2 is 1.94 bits per heavy atom. The fraction of sp³-hybridized carbons (Fsp3) is 0.0714. The molecule has 3 rings (SSSR count). The summed E-state index contributed by atoms with van der Waals surface area (Å²) in [4.78, 5) is 12.3. The molecule has 3 aromatic rings. The Morgan fingerprint density at radius 3 is 2.67 bits per heavy atom. The van der Waals surface area contributed by atoms with E-state index in [1.807, 2.05) is 49.4 Å². The maximum atomic E-state index is 12.3. The smallest absolute Gasteiger partial charge is 0.273 e. The van der Waals surface area contributed by atoms with Gasteiger partial charge in [-0.2, -0.15) is 0 Å². The van der Waals surface area contributed by atoms with Crippen LogP contribution in [0.5, 0.6) is 0 Å². The molecule has 18 heavy (non-hydrogen) atoms. The van der Waals surface area contributed by atoms with Crippen LogP contribution in [0.15, 0.2) is 47.3 Å². The molecule has 0 amide bonds. The number of nitrogen functional groups attached to an aromatic ring is 1. The van der Waals surface area contributed by atoms with Crippen molar-refractivity contribution in [3.8, 4) is 5.69 Å². The van der Waals surface area contributed by atoms with Gasteiger partial charge in [0, 0.05) is 5.69 Å². The molecule has 90 valence electrons. The van der Waals surface area contributed by atoms with Crippen molar-refractivity contribution in [2.24, 2.45) is 0 Å². The second-order valence-electron chi connectivity index (χ2n) is 4.23. The molecule has 0 aliphatic carbocycles. The van der Waals surface area contributed by atoms with Crippen molar-refractivity contribution in [3.05, 3.63) is 58.4 Å². The number of anilines is 1. The molecule has 2 aromatic carbocycles. The van der Waals surface area contributed by atoms with Gasteiger partial charge in [0.05, 0.1) is 15.8 Å². The Labute approximate surface area is 108 Å². The fourth-order valence-electron chi connectivity index (χ4n) is 1.93. The van der Waals surface area contributed by atoms with E-state index in [9.17, 15) is 4.79 Å². The zero-order valence-corrected chi connectivity index (χ0v) is 10.7. The van der Waals surface area contributed by atoms with Gasteiger partial charge in [-0.1, -0.05) is 23.7 Å². The van der Waals surface area contributed by atoms with Gasteiger partial charge in [-0.3, -0.25) is 4.79 Å². The second kappa shape index (κ2) is 3.99. The van der Waals surface area contributed by atoms with E-state index in [-0.39, 0.29) is 5.56 Å². The maximum Gasteiger partial charge on any atom is 0.273 e. The molecule has 0 aliphatic rings. The Bertz CT molecular complexity index is 786. The van der Waals surface area contributed by atoms with Gasteiger partial charge in [-0.25, -0.2) is 3.96 Å². The normalized spacial score (nSPS) is 10.9. The molecular formula is C14H12N2OS. The third-order valence-electron chi connectivity index (χ3n) is 2.98. The summed E-state index contributed by atoms with van der Waals surface area (Å²) < 4.78 is 2.70. The van der Waals surface area contributed by atoms with Crippen LogP contribution in [0.25, 0.3) is 15.8 Å². The van der Waals surface area contributed by atoms with Crippen LogP contribution in [0.4, 0.5) is 5.69 Å². The van der Waals surface area contributed by atoms with Crippen LogP contribution in [0, 0.1) is 6.92 Å².